The van der Waals surface area contributed by atoms with Gasteiger partial charge in [-0.3, -0.25) is 9.36 Å². The fourth-order valence-corrected chi connectivity index (χ4v) is 7.28. The normalized spacial score (nSPS) is 16.7. The summed E-state index contributed by atoms with van der Waals surface area (Å²) in [6, 6.07) is 12.1. The van der Waals surface area contributed by atoms with E-state index in [1.165, 1.54) is 0 Å². The zero-order valence-corrected chi connectivity index (χ0v) is 27.1. The number of anilines is 2. The molecule has 4 heterocycles. The Morgan fingerprint density at radius 1 is 0.955 bits per heavy atom. The molecule has 2 aromatic heterocycles. The average molecular weight is 727 g/mol. The minimum Gasteiger partial charge on any atom is -0.397 e. The highest BCUT2D eigenvalue weighted by atomic mass is 79.9. The molecular formula is C30H33Br2N9O3. The Labute approximate surface area is 270 Å². The van der Waals surface area contributed by atoms with Crippen molar-refractivity contribution in [2.45, 2.75) is 31.3 Å². The number of carbonyl (C=O) groups is 2. The van der Waals surface area contributed by atoms with Gasteiger partial charge in [-0.1, -0.05) is 12.1 Å². The largest absolute Gasteiger partial charge is 0.397 e. The number of piperidine rings is 1. The Balaban J connectivity index is 1.14. The standard InChI is InChI=1S/C30H33Br2N9O3/c31-21-16-19(17-22(32)26(21)33)18-24(27(42)38-12-14-39(15-13-38)28-34-8-3-9-35-28)37-29(43)40-10-6-20(7-11-40)41-25-5-2-1-4-23(25)36-30(41)44/h1-5,8-9,16-17,20,24H,6-7,10-15,18,33H2,(H,36,44)(H,37,43)/t24-/m1/s1. The van der Waals surface area contributed by atoms with Crippen molar-refractivity contribution >= 4 is 66.5 Å². The van der Waals surface area contributed by atoms with Crippen LogP contribution in [0, 0.1) is 0 Å². The van der Waals surface area contributed by atoms with E-state index in [1.807, 2.05) is 36.4 Å². The van der Waals surface area contributed by atoms with Crippen LogP contribution in [0.1, 0.15) is 24.4 Å². The maximum atomic E-state index is 13.9. The molecule has 12 nitrogen and oxygen atoms in total. The SMILES string of the molecule is Nc1c(Br)cc(C[C@@H](NC(=O)N2CCC(n3c(=O)[nH]c4ccccc43)CC2)C(=O)N2CCN(c3ncccn3)CC2)cc1Br. The van der Waals surface area contributed by atoms with Gasteiger partial charge in [-0.15, -0.1) is 0 Å². The molecule has 4 aromatic rings. The molecule has 0 bridgehead atoms. The first kappa shape index (κ1) is 30.1. The van der Waals surface area contributed by atoms with Gasteiger partial charge in [-0.05, 0) is 80.6 Å². The van der Waals surface area contributed by atoms with E-state index in [2.05, 4.69) is 57.0 Å². The second-order valence-electron chi connectivity index (χ2n) is 11.1. The molecule has 3 amide bonds. The van der Waals surface area contributed by atoms with Gasteiger partial charge in [0.15, 0.2) is 0 Å². The van der Waals surface area contributed by atoms with Gasteiger partial charge < -0.3 is 30.7 Å². The van der Waals surface area contributed by atoms with E-state index in [4.69, 9.17) is 5.73 Å². The molecule has 44 heavy (non-hydrogen) atoms. The van der Waals surface area contributed by atoms with Gasteiger partial charge in [-0.2, -0.15) is 0 Å². The number of urea groups is 1. The third kappa shape index (κ3) is 6.32. The van der Waals surface area contributed by atoms with Gasteiger partial charge in [-0.25, -0.2) is 19.6 Å². The first-order valence-electron chi connectivity index (χ1n) is 14.6. The second kappa shape index (κ2) is 13.0. The van der Waals surface area contributed by atoms with Crippen molar-refractivity contribution in [1.82, 2.24) is 34.6 Å². The molecule has 230 valence electrons. The van der Waals surface area contributed by atoms with Gasteiger partial charge in [0.05, 0.1) is 16.7 Å². The number of nitrogen functional groups attached to an aromatic ring is 1. The first-order chi connectivity index (χ1) is 21.3. The molecule has 0 radical (unpaired) electrons. The minimum absolute atomic E-state index is 0.0190. The number of nitrogens with zero attached hydrogens (tertiary/aromatic N) is 6. The maximum absolute atomic E-state index is 13.9. The van der Waals surface area contributed by atoms with Crippen LogP contribution in [0.3, 0.4) is 0 Å². The predicted octanol–water partition coefficient (Wildman–Crippen LogP) is 3.53. The summed E-state index contributed by atoms with van der Waals surface area (Å²) in [4.78, 5) is 57.4. The molecule has 2 aromatic carbocycles. The van der Waals surface area contributed by atoms with Crippen molar-refractivity contribution in [1.29, 1.82) is 0 Å². The molecule has 4 N–H and O–H groups in total. The number of likely N-dealkylation sites (tertiary alicyclic amines) is 1. The summed E-state index contributed by atoms with van der Waals surface area (Å²) < 4.78 is 3.23. The predicted molar refractivity (Wildman–Crippen MR) is 176 cm³/mol. The Bertz CT molecular complexity index is 1690. The molecule has 0 saturated carbocycles. The zero-order chi connectivity index (χ0) is 30.8. The van der Waals surface area contributed by atoms with Crippen molar-refractivity contribution in [3.8, 4) is 0 Å². The fraction of sp³-hybridized carbons (Fsp3) is 0.367. The smallest absolute Gasteiger partial charge is 0.326 e. The minimum atomic E-state index is -0.779. The number of H-pyrrole nitrogens is 1. The van der Waals surface area contributed by atoms with Crippen LogP contribution < -0.4 is 21.6 Å². The molecule has 1 atom stereocenters. The number of benzene rings is 2. The highest BCUT2D eigenvalue weighted by Crippen LogP contribution is 2.30. The Morgan fingerprint density at radius 2 is 1.61 bits per heavy atom. The third-order valence-electron chi connectivity index (χ3n) is 8.34. The van der Waals surface area contributed by atoms with E-state index in [1.54, 1.807) is 32.8 Å². The van der Waals surface area contributed by atoms with E-state index in [0.717, 1.165) is 16.6 Å². The molecule has 0 spiro atoms. The molecule has 6 rings (SSSR count). The highest BCUT2D eigenvalue weighted by Gasteiger charge is 2.32. The van der Waals surface area contributed by atoms with Crippen LogP contribution in [0.2, 0.25) is 0 Å². The lowest BCUT2D eigenvalue weighted by Gasteiger charge is -2.37. The summed E-state index contributed by atoms with van der Waals surface area (Å²) in [6.45, 7) is 3.11. The Hall–Kier alpha value is -3.91. The van der Waals surface area contributed by atoms with Crippen molar-refractivity contribution in [3.63, 3.8) is 0 Å². The van der Waals surface area contributed by atoms with Gasteiger partial charge in [0.25, 0.3) is 0 Å². The molecule has 0 unspecified atom stereocenters. The van der Waals surface area contributed by atoms with Crippen molar-refractivity contribution in [3.05, 3.63) is 79.9 Å². The summed E-state index contributed by atoms with van der Waals surface area (Å²) in [5.41, 5.74) is 9.05. The summed E-state index contributed by atoms with van der Waals surface area (Å²) >= 11 is 6.99. The number of fused-ring (bicyclic) bond motifs is 1. The number of amides is 3. The van der Waals surface area contributed by atoms with E-state index in [0.29, 0.717) is 79.1 Å². The number of hydrogen-bond donors (Lipinski definition) is 3. The lowest BCUT2D eigenvalue weighted by molar-refractivity contribution is -0.133. The molecule has 14 heteroatoms. The van der Waals surface area contributed by atoms with E-state index in [-0.39, 0.29) is 23.7 Å². The highest BCUT2D eigenvalue weighted by molar-refractivity contribution is 9.11. The number of carbonyl (C=O) groups excluding carboxylic acids is 2. The van der Waals surface area contributed by atoms with E-state index in [9.17, 15) is 14.4 Å². The van der Waals surface area contributed by atoms with Crippen LogP contribution in [0.4, 0.5) is 16.4 Å². The average Bonchev–Trinajstić information content (AvgIpc) is 3.39. The van der Waals surface area contributed by atoms with Crippen molar-refractivity contribution in [2.24, 2.45) is 0 Å². The van der Waals surface area contributed by atoms with E-state index >= 15 is 0 Å². The molecule has 2 saturated heterocycles. The summed E-state index contributed by atoms with van der Waals surface area (Å²) in [6.07, 6.45) is 4.97. The van der Waals surface area contributed by atoms with Crippen LogP contribution in [-0.4, -0.2) is 86.6 Å². The number of hydrogen-bond acceptors (Lipinski definition) is 7. The van der Waals surface area contributed by atoms with Gasteiger partial charge in [0, 0.05) is 73.1 Å². The quantitative estimate of drug-likeness (QED) is 0.258. The number of rotatable bonds is 6. The van der Waals surface area contributed by atoms with Gasteiger partial charge in [0.1, 0.15) is 6.04 Å². The molecule has 2 aliphatic rings. The second-order valence-corrected chi connectivity index (χ2v) is 12.8. The van der Waals surface area contributed by atoms with Crippen LogP contribution in [0.15, 0.2) is 68.6 Å². The lowest BCUT2D eigenvalue weighted by atomic mass is 10.0. The summed E-state index contributed by atoms with van der Waals surface area (Å²) in [5, 5.41) is 3.04. The third-order valence-corrected chi connectivity index (χ3v) is 9.65. The number of aromatic amines is 1. The van der Waals surface area contributed by atoms with Crippen LogP contribution in [0.25, 0.3) is 11.0 Å². The van der Waals surface area contributed by atoms with Crippen molar-refractivity contribution in [2.75, 3.05) is 49.9 Å². The molecule has 2 fully saturated rings. The topological polar surface area (TPSA) is 145 Å². The van der Waals surface area contributed by atoms with E-state index < -0.39 is 6.04 Å². The monoisotopic (exact) mass is 725 g/mol. The van der Waals surface area contributed by atoms with Crippen molar-refractivity contribution < 1.29 is 9.59 Å². The summed E-state index contributed by atoms with van der Waals surface area (Å²) in [5.74, 6) is 0.496. The summed E-state index contributed by atoms with van der Waals surface area (Å²) in [7, 11) is 0. The first-order valence-corrected chi connectivity index (χ1v) is 16.2. The number of para-hydroxylation sites is 2. The Morgan fingerprint density at radius 3 is 2.30 bits per heavy atom. The number of halogens is 2. The van der Waals surface area contributed by atoms with Gasteiger partial charge >= 0.3 is 11.7 Å². The lowest BCUT2D eigenvalue weighted by Crippen LogP contribution is -2.57. The molecular weight excluding hydrogens is 694 g/mol. The molecule has 2 aliphatic heterocycles. The number of piperazine rings is 1. The number of imidazole rings is 1. The molecule has 0 aliphatic carbocycles. The number of aromatic nitrogens is 4. The number of nitrogens with one attached hydrogen (secondary N) is 2. The Kier molecular flexibility index (Phi) is 8.89. The van der Waals surface area contributed by atoms with Gasteiger partial charge in [0.2, 0.25) is 11.9 Å². The van der Waals surface area contributed by atoms with Crippen LogP contribution in [0.5, 0.6) is 0 Å². The zero-order valence-electron chi connectivity index (χ0n) is 24.0. The van der Waals surface area contributed by atoms with Crippen LogP contribution >= 0.6 is 31.9 Å². The maximum Gasteiger partial charge on any atom is 0.326 e. The van der Waals surface area contributed by atoms with Crippen LogP contribution in [-0.2, 0) is 11.2 Å². The fourth-order valence-electron chi connectivity index (χ4n) is 6.00. The number of nitrogens with two attached hydrogens (primary N) is 1.